The Balaban J connectivity index is 1.43. The van der Waals surface area contributed by atoms with Crippen LogP contribution in [0.1, 0.15) is 18.4 Å². The van der Waals surface area contributed by atoms with E-state index >= 15 is 0 Å². The monoisotopic (exact) mass is 455 g/mol. The fraction of sp³-hybridized carbons (Fsp3) is 0.154. The van der Waals surface area contributed by atoms with Crippen LogP contribution in [0.4, 0.5) is 17.3 Å². The lowest BCUT2D eigenvalue weighted by atomic mass is 10.0. The molecule has 33 heavy (non-hydrogen) atoms. The molecule has 2 aromatic carbocycles. The molecule has 7 heteroatoms. The number of nitrogens with one attached hydrogen (secondary N) is 1. The summed E-state index contributed by atoms with van der Waals surface area (Å²) < 4.78 is 0. The summed E-state index contributed by atoms with van der Waals surface area (Å²) in [6, 6.07) is 18.4. The Hall–Kier alpha value is -3.77. The SMILES string of the molecule is Cc1ccc(-c2cccc(-c3nc(Nc4cncc(N5CCCC5=O)c4)ncc3Cl)c2)cc1. The summed E-state index contributed by atoms with van der Waals surface area (Å²) in [4.78, 5) is 27.1. The van der Waals surface area contributed by atoms with Crippen LogP contribution >= 0.6 is 11.6 Å². The number of benzene rings is 2. The number of pyridine rings is 1. The number of hydrogen-bond donors (Lipinski definition) is 1. The van der Waals surface area contributed by atoms with Crippen LogP contribution in [0.15, 0.2) is 73.2 Å². The second-order valence-corrected chi connectivity index (χ2v) is 8.45. The number of aromatic nitrogens is 3. The molecule has 1 aliphatic rings. The lowest BCUT2D eigenvalue weighted by Gasteiger charge is -2.16. The van der Waals surface area contributed by atoms with E-state index in [0.29, 0.717) is 35.3 Å². The molecule has 1 amide bonds. The van der Waals surface area contributed by atoms with Gasteiger partial charge in [-0.15, -0.1) is 0 Å². The molecule has 6 nitrogen and oxygen atoms in total. The second-order valence-electron chi connectivity index (χ2n) is 8.04. The highest BCUT2D eigenvalue weighted by Gasteiger charge is 2.22. The largest absolute Gasteiger partial charge is 0.323 e. The third-order valence-corrected chi connectivity index (χ3v) is 5.91. The molecule has 1 aliphatic heterocycles. The zero-order valence-electron chi connectivity index (χ0n) is 18.1. The molecule has 0 bridgehead atoms. The average Bonchev–Trinajstić information content (AvgIpc) is 3.27. The van der Waals surface area contributed by atoms with Crippen molar-refractivity contribution in [1.82, 2.24) is 15.0 Å². The van der Waals surface area contributed by atoms with Crippen molar-refractivity contribution in [3.05, 3.63) is 83.8 Å². The van der Waals surface area contributed by atoms with E-state index in [1.54, 1.807) is 23.5 Å². The zero-order chi connectivity index (χ0) is 22.8. The molecule has 5 rings (SSSR count). The van der Waals surface area contributed by atoms with Crippen molar-refractivity contribution in [3.63, 3.8) is 0 Å². The highest BCUT2D eigenvalue weighted by molar-refractivity contribution is 6.32. The third kappa shape index (κ3) is 4.56. The Kier molecular flexibility index (Phi) is 5.75. The first-order chi connectivity index (χ1) is 16.1. The summed E-state index contributed by atoms with van der Waals surface area (Å²) in [6.07, 6.45) is 6.40. The van der Waals surface area contributed by atoms with Gasteiger partial charge >= 0.3 is 0 Å². The third-order valence-electron chi connectivity index (χ3n) is 5.63. The molecule has 1 fully saturated rings. The van der Waals surface area contributed by atoms with E-state index in [9.17, 15) is 4.79 Å². The van der Waals surface area contributed by atoms with E-state index < -0.39 is 0 Å². The van der Waals surface area contributed by atoms with E-state index in [-0.39, 0.29) is 5.91 Å². The normalized spacial score (nSPS) is 13.4. The molecule has 3 heterocycles. The van der Waals surface area contributed by atoms with Gasteiger partial charge in [0, 0.05) is 18.5 Å². The number of rotatable bonds is 5. The predicted octanol–water partition coefficient (Wildman–Crippen LogP) is 6.04. The van der Waals surface area contributed by atoms with Crippen molar-refractivity contribution in [2.24, 2.45) is 0 Å². The van der Waals surface area contributed by atoms with Crippen molar-refractivity contribution < 1.29 is 4.79 Å². The molecule has 0 atom stereocenters. The number of hydrogen-bond acceptors (Lipinski definition) is 5. The van der Waals surface area contributed by atoms with Gasteiger partial charge in [0.2, 0.25) is 11.9 Å². The summed E-state index contributed by atoms with van der Waals surface area (Å²) >= 11 is 6.47. The summed E-state index contributed by atoms with van der Waals surface area (Å²) in [5.41, 5.74) is 6.45. The quantitative estimate of drug-likeness (QED) is 0.397. The van der Waals surface area contributed by atoms with Crippen molar-refractivity contribution in [3.8, 4) is 22.4 Å². The second kappa shape index (κ2) is 9.00. The summed E-state index contributed by atoms with van der Waals surface area (Å²) in [7, 11) is 0. The van der Waals surface area contributed by atoms with Crippen LogP contribution in [0, 0.1) is 6.92 Å². The summed E-state index contributed by atoms with van der Waals surface area (Å²) in [6.45, 7) is 2.78. The first-order valence-corrected chi connectivity index (χ1v) is 11.2. The Morgan fingerprint density at radius 1 is 0.970 bits per heavy atom. The summed E-state index contributed by atoms with van der Waals surface area (Å²) in [5, 5.41) is 3.66. The number of aryl methyl sites for hydroxylation is 1. The van der Waals surface area contributed by atoms with Crippen molar-refractivity contribution in [1.29, 1.82) is 0 Å². The predicted molar refractivity (Wildman–Crippen MR) is 132 cm³/mol. The maximum atomic E-state index is 12.1. The Morgan fingerprint density at radius 2 is 1.79 bits per heavy atom. The van der Waals surface area contributed by atoms with Gasteiger partial charge in [-0.3, -0.25) is 9.78 Å². The van der Waals surface area contributed by atoms with E-state index in [2.05, 4.69) is 63.6 Å². The average molecular weight is 456 g/mol. The van der Waals surface area contributed by atoms with Gasteiger partial charge in [0.25, 0.3) is 0 Å². The maximum absolute atomic E-state index is 12.1. The van der Waals surface area contributed by atoms with Crippen LogP contribution in [0.25, 0.3) is 22.4 Å². The Morgan fingerprint density at radius 3 is 2.58 bits per heavy atom. The molecule has 164 valence electrons. The number of amides is 1. The van der Waals surface area contributed by atoms with Gasteiger partial charge in [0.05, 0.1) is 40.7 Å². The molecular formula is C26H22ClN5O. The van der Waals surface area contributed by atoms with Crippen LogP contribution < -0.4 is 10.2 Å². The molecule has 0 aliphatic carbocycles. The Labute approximate surface area is 197 Å². The maximum Gasteiger partial charge on any atom is 0.227 e. The number of halogens is 1. The minimum Gasteiger partial charge on any atom is -0.323 e. The molecular weight excluding hydrogens is 434 g/mol. The van der Waals surface area contributed by atoms with Gasteiger partial charge in [-0.1, -0.05) is 59.6 Å². The van der Waals surface area contributed by atoms with Crippen molar-refractivity contribution in [2.45, 2.75) is 19.8 Å². The van der Waals surface area contributed by atoms with Gasteiger partial charge in [-0.05, 0) is 36.6 Å². The zero-order valence-corrected chi connectivity index (χ0v) is 18.9. The minimum absolute atomic E-state index is 0.118. The molecule has 0 radical (unpaired) electrons. The lowest BCUT2D eigenvalue weighted by Crippen LogP contribution is -2.23. The van der Waals surface area contributed by atoms with Gasteiger partial charge in [0.1, 0.15) is 0 Å². The first-order valence-electron chi connectivity index (χ1n) is 10.8. The van der Waals surface area contributed by atoms with E-state index in [1.807, 2.05) is 18.2 Å². The Bertz CT molecular complexity index is 1320. The minimum atomic E-state index is 0.118. The fourth-order valence-electron chi connectivity index (χ4n) is 3.92. The van der Waals surface area contributed by atoms with Gasteiger partial charge < -0.3 is 10.2 Å². The van der Waals surface area contributed by atoms with Crippen molar-refractivity contribution >= 4 is 34.8 Å². The highest BCUT2D eigenvalue weighted by atomic mass is 35.5. The molecule has 1 N–H and O–H groups in total. The van der Waals surface area contributed by atoms with E-state index in [0.717, 1.165) is 28.8 Å². The number of nitrogens with zero attached hydrogens (tertiary/aromatic N) is 4. The smallest absolute Gasteiger partial charge is 0.227 e. The standard InChI is InChI=1S/C26H22ClN5O/c1-17-7-9-18(10-8-17)19-4-2-5-20(12-19)25-23(27)16-29-26(31-25)30-21-13-22(15-28-14-21)32-11-3-6-24(32)33/h2,4-5,7-10,12-16H,3,6,11H2,1H3,(H,29,30,31). The van der Waals surface area contributed by atoms with Crippen LogP contribution in [0.5, 0.6) is 0 Å². The van der Waals surface area contributed by atoms with Gasteiger partial charge in [-0.2, -0.15) is 0 Å². The van der Waals surface area contributed by atoms with Gasteiger partial charge in [-0.25, -0.2) is 9.97 Å². The molecule has 4 aromatic rings. The number of carbonyl (C=O) groups is 1. The number of anilines is 3. The first kappa shape index (κ1) is 21.1. The van der Waals surface area contributed by atoms with Crippen LogP contribution in [0.2, 0.25) is 5.02 Å². The molecule has 1 saturated heterocycles. The van der Waals surface area contributed by atoms with Crippen LogP contribution in [-0.2, 0) is 4.79 Å². The van der Waals surface area contributed by atoms with Crippen LogP contribution in [0.3, 0.4) is 0 Å². The topological polar surface area (TPSA) is 71.0 Å². The van der Waals surface area contributed by atoms with E-state index in [1.165, 1.54) is 5.56 Å². The lowest BCUT2D eigenvalue weighted by molar-refractivity contribution is -0.117. The highest BCUT2D eigenvalue weighted by Crippen LogP contribution is 2.31. The van der Waals surface area contributed by atoms with Crippen molar-refractivity contribution in [2.75, 3.05) is 16.8 Å². The van der Waals surface area contributed by atoms with E-state index in [4.69, 9.17) is 11.6 Å². The van der Waals surface area contributed by atoms with Crippen LogP contribution in [-0.4, -0.2) is 27.4 Å². The molecule has 2 aromatic heterocycles. The number of carbonyl (C=O) groups excluding carboxylic acids is 1. The van der Waals surface area contributed by atoms with Gasteiger partial charge in [0.15, 0.2) is 0 Å². The summed E-state index contributed by atoms with van der Waals surface area (Å²) in [5.74, 6) is 0.522. The molecule has 0 spiro atoms. The molecule has 0 unspecified atom stereocenters. The fourth-order valence-corrected chi connectivity index (χ4v) is 4.12. The molecule has 0 saturated carbocycles.